The van der Waals surface area contributed by atoms with Crippen molar-refractivity contribution in [3.8, 4) is 0 Å². The minimum Gasteiger partial charge on any atom is -0.348 e. The summed E-state index contributed by atoms with van der Waals surface area (Å²) in [5.41, 5.74) is 1.37. The predicted molar refractivity (Wildman–Crippen MR) is 101 cm³/mol. The molecule has 0 aliphatic rings. The summed E-state index contributed by atoms with van der Waals surface area (Å²) in [5, 5.41) is 14.2. The Morgan fingerprint density at radius 2 is 1.78 bits per heavy atom. The Morgan fingerprint density at radius 3 is 2.44 bits per heavy atom. The molecule has 2 aromatic carbocycles. The molecule has 3 rings (SSSR count). The fourth-order valence-electron chi connectivity index (χ4n) is 2.30. The van der Waals surface area contributed by atoms with Gasteiger partial charge in [0.2, 0.25) is 5.01 Å². The highest BCUT2D eigenvalue weighted by atomic mass is 32.1. The summed E-state index contributed by atoms with van der Waals surface area (Å²) in [4.78, 5) is 24.3. The molecule has 2 amide bonds. The Balaban J connectivity index is 1.58. The van der Waals surface area contributed by atoms with E-state index in [-0.39, 0.29) is 24.2 Å². The average molecular weight is 384 g/mol. The molecule has 8 heteroatoms. The second-order valence-corrected chi connectivity index (χ2v) is 6.72. The quantitative estimate of drug-likeness (QED) is 0.682. The zero-order chi connectivity index (χ0) is 19.2. The van der Waals surface area contributed by atoms with Crippen molar-refractivity contribution in [2.24, 2.45) is 0 Å². The largest absolute Gasteiger partial charge is 0.348 e. The molecule has 0 spiro atoms. The second kappa shape index (κ2) is 8.50. The molecule has 27 heavy (non-hydrogen) atoms. The van der Waals surface area contributed by atoms with Crippen LogP contribution < -0.4 is 10.6 Å². The fourth-order valence-corrected chi connectivity index (χ4v) is 2.97. The summed E-state index contributed by atoms with van der Waals surface area (Å²) in [6.07, 6.45) is 0.724. The Hall–Kier alpha value is -3.13. The van der Waals surface area contributed by atoms with Crippen LogP contribution in [0.15, 0.2) is 48.5 Å². The van der Waals surface area contributed by atoms with E-state index in [0.29, 0.717) is 21.8 Å². The Kier molecular flexibility index (Phi) is 5.87. The second-order valence-electron chi connectivity index (χ2n) is 5.66. The summed E-state index contributed by atoms with van der Waals surface area (Å²) in [7, 11) is 0. The lowest BCUT2D eigenvalue weighted by Gasteiger charge is -2.07. The van der Waals surface area contributed by atoms with Gasteiger partial charge in [0.1, 0.15) is 10.8 Å². The molecule has 0 radical (unpaired) electrons. The third-order valence-corrected chi connectivity index (χ3v) is 4.83. The van der Waals surface area contributed by atoms with Crippen LogP contribution in [0.25, 0.3) is 0 Å². The first-order chi connectivity index (χ1) is 13.1. The number of hydrogen-bond acceptors (Lipinski definition) is 5. The van der Waals surface area contributed by atoms with Crippen molar-refractivity contribution in [2.75, 3.05) is 5.32 Å². The maximum atomic E-state index is 13.6. The molecule has 0 unspecified atom stereocenters. The molecule has 138 valence electrons. The number of benzene rings is 2. The van der Waals surface area contributed by atoms with E-state index in [1.807, 2.05) is 6.92 Å². The number of nitrogens with one attached hydrogen (secondary N) is 2. The zero-order valence-corrected chi connectivity index (χ0v) is 15.3. The molecule has 0 saturated carbocycles. The SMILES string of the molecule is CCc1nnc(C(=O)Nc2ccc(C(=O)NCc3ccccc3F)cc2)s1. The number of halogens is 1. The molecule has 2 N–H and O–H groups in total. The smallest absolute Gasteiger partial charge is 0.286 e. The van der Waals surface area contributed by atoms with Crippen molar-refractivity contribution in [1.29, 1.82) is 0 Å². The van der Waals surface area contributed by atoms with Crippen LogP contribution >= 0.6 is 11.3 Å². The van der Waals surface area contributed by atoms with Crippen molar-refractivity contribution in [3.05, 3.63) is 75.5 Å². The molecule has 0 atom stereocenters. The molecular formula is C19H17FN4O2S. The normalized spacial score (nSPS) is 10.4. The van der Waals surface area contributed by atoms with Gasteiger partial charge < -0.3 is 10.6 Å². The van der Waals surface area contributed by atoms with Crippen LogP contribution in [0.2, 0.25) is 0 Å². The van der Waals surface area contributed by atoms with E-state index in [2.05, 4.69) is 20.8 Å². The lowest BCUT2D eigenvalue weighted by Crippen LogP contribution is -2.23. The third kappa shape index (κ3) is 4.73. The molecule has 0 saturated heterocycles. The van der Waals surface area contributed by atoms with Crippen molar-refractivity contribution in [2.45, 2.75) is 19.9 Å². The van der Waals surface area contributed by atoms with Gasteiger partial charge in [-0.25, -0.2) is 4.39 Å². The highest BCUT2D eigenvalue weighted by Crippen LogP contribution is 2.15. The average Bonchev–Trinajstić information content (AvgIpc) is 3.17. The lowest BCUT2D eigenvalue weighted by molar-refractivity contribution is 0.0950. The monoisotopic (exact) mass is 384 g/mol. The van der Waals surface area contributed by atoms with E-state index in [1.165, 1.54) is 17.4 Å². The summed E-state index contributed by atoms with van der Waals surface area (Å²) in [5.74, 6) is -1.03. The molecule has 1 aromatic heterocycles. The van der Waals surface area contributed by atoms with Crippen LogP contribution in [0.4, 0.5) is 10.1 Å². The Bertz CT molecular complexity index is 956. The van der Waals surface area contributed by atoms with Gasteiger partial charge in [-0.3, -0.25) is 9.59 Å². The van der Waals surface area contributed by atoms with Crippen LogP contribution in [-0.4, -0.2) is 22.0 Å². The number of rotatable bonds is 6. The number of hydrogen-bond donors (Lipinski definition) is 2. The molecule has 0 aliphatic carbocycles. The lowest BCUT2D eigenvalue weighted by atomic mass is 10.1. The molecular weight excluding hydrogens is 367 g/mol. The van der Waals surface area contributed by atoms with E-state index >= 15 is 0 Å². The van der Waals surface area contributed by atoms with Crippen LogP contribution in [-0.2, 0) is 13.0 Å². The molecule has 0 aliphatic heterocycles. The number of carbonyl (C=O) groups is 2. The van der Waals surface area contributed by atoms with Gasteiger partial charge in [-0.2, -0.15) is 0 Å². The molecule has 6 nitrogen and oxygen atoms in total. The molecule has 1 heterocycles. The van der Waals surface area contributed by atoms with Gasteiger partial charge in [0.05, 0.1) is 0 Å². The number of aromatic nitrogens is 2. The van der Waals surface area contributed by atoms with Crippen LogP contribution in [0.1, 0.15) is 37.7 Å². The van der Waals surface area contributed by atoms with Crippen molar-refractivity contribution in [1.82, 2.24) is 15.5 Å². The third-order valence-electron chi connectivity index (χ3n) is 3.77. The van der Waals surface area contributed by atoms with Gasteiger partial charge >= 0.3 is 0 Å². The van der Waals surface area contributed by atoms with E-state index in [0.717, 1.165) is 11.4 Å². The Morgan fingerprint density at radius 1 is 1.04 bits per heavy atom. The standard InChI is InChI=1S/C19H17FN4O2S/c1-2-16-23-24-19(27-16)18(26)22-14-9-7-12(8-10-14)17(25)21-11-13-5-3-4-6-15(13)20/h3-10H,2,11H2,1H3,(H,21,25)(H,22,26). The predicted octanol–water partition coefficient (Wildman–Crippen LogP) is 3.42. The molecule has 3 aromatic rings. The van der Waals surface area contributed by atoms with Gasteiger partial charge in [-0.15, -0.1) is 10.2 Å². The van der Waals surface area contributed by atoms with E-state index < -0.39 is 0 Å². The first-order valence-corrected chi connectivity index (χ1v) is 9.14. The zero-order valence-electron chi connectivity index (χ0n) is 14.5. The first kappa shape index (κ1) is 18.7. The number of aryl methyl sites for hydroxylation is 1. The van der Waals surface area contributed by atoms with Gasteiger partial charge in [0.25, 0.3) is 11.8 Å². The van der Waals surface area contributed by atoms with E-state index in [1.54, 1.807) is 42.5 Å². The molecule has 0 bridgehead atoms. The maximum absolute atomic E-state index is 13.6. The van der Waals surface area contributed by atoms with Gasteiger partial charge in [-0.05, 0) is 36.8 Å². The van der Waals surface area contributed by atoms with Crippen LogP contribution in [0, 0.1) is 5.82 Å². The van der Waals surface area contributed by atoms with Crippen molar-refractivity contribution >= 4 is 28.8 Å². The summed E-state index contributed by atoms with van der Waals surface area (Å²) >= 11 is 1.24. The summed E-state index contributed by atoms with van der Waals surface area (Å²) in [6, 6.07) is 12.7. The minimum absolute atomic E-state index is 0.0980. The van der Waals surface area contributed by atoms with Gasteiger partial charge in [-0.1, -0.05) is 36.5 Å². The number of nitrogens with zero attached hydrogens (tertiary/aromatic N) is 2. The number of anilines is 1. The number of carbonyl (C=O) groups excluding carboxylic acids is 2. The topological polar surface area (TPSA) is 84.0 Å². The Labute approximate surface area is 159 Å². The highest BCUT2D eigenvalue weighted by molar-refractivity contribution is 7.13. The van der Waals surface area contributed by atoms with Crippen LogP contribution in [0.5, 0.6) is 0 Å². The summed E-state index contributed by atoms with van der Waals surface area (Å²) in [6.45, 7) is 2.04. The van der Waals surface area contributed by atoms with Gasteiger partial charge in [0.15, 0.2) is 0 Å². The number of amides is 2. The van der Waals surface area contributed by atoms with E-state index in [4.69, 9.17) is 0 Å². The van der Waals surface area contributed by atoms with Crippen LogP contribution in [0.3, 0.4) is 0 Å². The molecule has 0 fully saturated rings. The maximum Gasteiger partial charge on any atom is 0.286 e. The fraction of sp³-hybridized carbons (Fsp3) is 0.158. The van der Waals surface area contributed by atoms with Gasteiger partial charge in [0, 0.05) is 23.4 Å². The van der Waals surface area contributed by atoms with Crippen molar-refractivity contribution < 1.29 is 14.0 Å². The van der Waals surface area contributed by atoms with Crippen molar-refractivity contribution in [3.63, 3.8) is 0 Å². The highest BCUT2D eigenvalue weighted by Gasteiger charge is 2.13. The summed E-state index contributed by atoms with van der Waals surface area (Å²) < 4.78 is 13.6. The van der Waals surface area contributed by atoms with E-state index in [9.17, 15) is 14.0 Å². The minimum atomic E-state index is -0.362. The first-order valence-electron chi connectivity index (χ1n) is 8.32.